The maximum absolute atomic E-state index is 13.3. The lowest BCUT2D eigenvalue weighted by molar-refractivity contribution is -0.124. The summed E-state index contributed by atoms with van der Waals surface area (Å²) in [4.78, 5) is 33.1. The third-order valence-corrected chi connectivity index (χ3v) is 5.43. The first-order valence-corrected chi connectivity index (χ1v) is 10.8. The Kier molecular flexibility index (Phi) is 6.42. The summed E-state index contributed by atoms with van der Waals surface area (Å²) in [6, 6.07) is 16.7. The van der Waals surface area contributed by atoms with Crippen LogP contribution in [-0.2, 0) is 9.53 Å². The molecule has 6 nitrogen and oxygen atoms in total. The number of imidazole rings is 1. The van der Waals surface area contributed by atoms with Crippen molar-refractivity contribution in [2.75, 3.05) is 5.32 Å². The number of hydrogen-bond donors (Lipinski definition) is 2. The SMILES string of the molecule is CCC(OC(=O)c1ccc2nc(-c3ccc(C)cc3)[nH]c2c1)C(=O)Nc1ccc(F)c(Cl)c1. The Morgan fingerprint density at radius 3 is 2.58 bits per heavy atom. The smallest absolute Gasteiger partial charge is 0.338 e. The van der Waals surface area contributed by atoms with E-state index in [1.807, 2.05) is 31.2 Å². The van der Waals surface area contributed by atoms with Crippen molar-refractivity contribution < 1.29 is 18.7 Å². The van der Waals surface area contributed by atoms with E-state index in [1.54, 1.807) is 25.1 Å². The summed E-state index contributed by atoms with van der Waals surface area (Å²) in [5.41, 5.74) is 4.07. The van der Waals surface area contributed by atoms with Gasteiger partial charge in [0, 0.05) is 11.3 Å². The minimum atomic E-state index is -1.03. The summed E-state index contributed by atoms with van der Waals surface area (Å²) in [6.07, 6.45) is -0.766. The summed E-state index contributed by atoms with van der Waals surface area (Å²) in [5, 5.41) is 2.47. The van der Waals surface area contributed by atoms with E-state index in [2.05, 4.69) is 15.3 Å². The fraction of sp³-hybridized carbons (Fsp3) is 0.160. The number of nitrogens with one attached hydrogen (secondary N) is 2. The predicted octanol–water partition coefficient (Wildman–Crippen LogP) is 5.90. The maximum Gasteiger partial charge on any atom is 0.338 e. The second-order valence-corrected chi connectivity index (χ2v) is 8.01. The number of carbonyl (C=O) groups is 2. The summed E-state index contributed by atoms with van der Waals surface area (Å²) in [6.45, 7) is 3.74. The van der Waals surface area contributed by atoms with E-state index >= 15 is 0 Å². The van der Waals surface area contributed by atoms with Crippen molar-refractivity contribution in [1.82, 2.24) is 9.97 Å². The molecule has 4 aromatic rings. The predicted molar refractivity (Wildman–Crippen MR) is 126 cm³/mol. The normalized spacial score (nSPS) is 11.9. The molecule has 8 heteroatoms. The summed E-state index contributed by atoms with van der Waals surface area (Å²) in [5.74, 6) is -1.06. The van der Waals surface area contributed by atoms with Crippen LogP contribution in [-0.4, -0.2) is 27.9 Å². The highest BCUT2D eigenvalue weighted by Crippen LogP contribution is 2.23. The number of anilines is 1. The van der Waals surface area contributed by atoms with Crippen molar-refractivity contribution >= 4 is 40.2 Å². The van der Waals surface area contributed by atoms with Gasteiger partial charge in [0.15, 0.2) is 6.10 Å². The van der Waals surface area contributed by atoms with Crippen LogP contribution in [0, 0.1) is 12.7 Å². The van der Waals surface area contributed by atoms with Gasteiger partial charge in [-0.05, 0) is 49.7 Å². The molecule has 1 atom stereocenters. The molecule has 0 bridgehead atoms. The Labute approximate surface area is 194 Å². The monoisotopic (exact) mass is 465 g/mol. The number of carbonyl (C=O) groups excluding carboxylic acids is 2. The number of aromatic nitrogens is 2. The minimum Gasteiger partial charge on any atom is -0.449 e. The van der Waals surface area contributed by atoms with Crippen LogP contribution in [0.4, 0.5) is 10.1 Å². The lowest BCUT2D eigenvalue weighted by Gasteiger charge is -2.16. The number of benzene rings is 3. The molecule has 0 saturated carbocycles. The molecule has 1 unspecified atom stereocenters. The van der Waals surface area contributed by atoms with Gasteiger partial charge in [-0.25, -0.2) is 14.2 Å². The molecule has 0 fully saturated rings. The highest BCUT2D eigenvalue weighted by Gasteiger charge is 2.23. The standard InChI is InChI=1S/C25H21ClFN3O3/c1-3-22(24(31)28-17-9-10-19(27)18(26)13-17)33-25(32)16-8-11-20-21(12-16)30-23(29-20)15-6-4-14(2)5-7-15/h4-13,22H,3H2,1-2H3,(H,28,31)(H,29,30). The van der Waals surface area contributed by atoms with Gasteiger partial charge in [-0.1, -0.05) is 48.4 Å². The van der Waals surface area contributed by atoms with E-state index in [-0.39, 0.29) is 17.0 Å². The molecule has 0 aliphatic carbocycles. The van der Waals surface area contributed by atoms with Crippen LogP contribution in [0.15, 0.2) is 60.7 Å². The van der Waals surface area contributed by atoms with E-state index in [4.69, 9.17) is 16.3 Å². The second-order valence-electron chi connectivity index (χ2n) is 7.60. The molecule has 0 saturated heterocycles. The third-order valence-electron chi connectivity index (χ3n) is 5.14. The van der Waals surface area contributed by atoms with Gasteiger partial charge in [0.1, 0.15) is 11.6 Å². The number of amides is 1. The molecule has 1 amide bonds. The number of H-pyrrole nitrogens is 1. The van der Waals surface area contributed by atoms with E-state index in [0.717, 1.165) is 17.2 Å². The number of aromatic amines is 1. The second kappa shape index (κ2) is 9.42. The van der Waals surface area contributed by atoms with Crippen LogP contribution in [0.3, 0.4) is 0 Å². The lowest BCUT2D eigenvalue weighted by Crippen LogP contribution is -2.32. The van der Waals surface area contributed by atoms with Gasteiger partial charge in [-0.3, -0.25) is 4.79 Å². The zero-order valence-corrected chi connectivity index (χ0v) is 18.7. The number of fused-ring (bicyclic) bond motifs is 1. The number of hydrogen-bond acceptors (Lipinski definition) is 4. The molecule has 0 spiro atoms. The van der Waals surface area contributed by atoms with E-state index in [1.165, 1.54) is 12.1 Å². The summed E-state index contributed by atoms with van der Waals surface area (Å²) < 4.78 is 18.8. The van der Waals surface area contributed by atoms with Crippen LogP contribution < -0.4 is 5.32 Å². The molecule has 0 aliphatic heterocycles. The zero-order valence-electron chi connectivity index (χ0n) is 18.0. The number of ether oxygens (including phenoxy) is 1. The van der Waals surface area contributed by atoms with Gasteiger partial charge in [-0.15, -0.1) is 0 Å². The summed E-state index contributed by atoms with van der Waals surface area (Å²) in [7, 11) is 0. The Balaban J connectivity index is 1.48. The van der Waals surface area contributed by atoms with Crippen LogP contribution in [0.5, 0.6) is 0 Å². The van der Waals surface area contributed by atoms with E-state index in [9.17, 15) is 14.0 Å². The number of halogens is 2. The molecule has 33 heavy (non-hydrogen) atoms. The van der Waals surface area contributed by atoms with Gasteiger partial charge in [-0.2, -0.15) is 0 Å². The Morgan fingerprint density at radius 1 is 1.12 bits per heavy atom. The maximum atomic E-state index is 13.3. The Hall–Kier alpha value is -3.71. The molecule has 0 radical (unpaired) electrons. The Bertz CT molecular complexity index is 1330. The van der Waals surface area contributed by atoms with Gasteiger partial charge in [0.2, 0.25) is 0 Å². The number of rotatable bonds is 6. The minimum absolute atomic E-state index is 0.115. The van der Waals surface area contributed by atoms with Crippen LogP contribution in [0.1, 0.15) is 29.3 Å². The lowest BCUT2D eigenvalue weighted by atomic mass is 10.1. The average molecular weight is 466 g/mol. The van der Waals surface area contributed by atoms with Gasteiger partial charge < -0.3 is 15.0 Å². The quantitative estimate of drug-likeness (QED) is 0.347. The first-order valence-electron chi connectivity index (χ1n) is 10.4. The van der Waals surface area contributed by atoms with Gasteiger partial charge in [0.05, 0.1) is 21.6 Å². The van der Waals surface area contributed by atoms with Crippen molar-refractivity contribution in [2.45, 2.75) is 26.4 Å². The molecule has 1 aromatic heterocycles. The van der Waals surface area contributed by atoms with Crippen LogP contribution in [0.2, 0.25) is 5.02 Å². The van der Waals surface area contributed by atoms with Crippen LogP contribution >= 0.6 is 11.6 Å². The highest BCUT2D eigenvalue weighted by molar-refractivity contribution is 6.31. The number of nitrogens with zero attached hydrogens (tertiary/aromatic N) is 1. The number of aryl methyl sites for hydroxylation is 1. The van der Waals surface area contributed by atoms with Gasteiger partial charge >= 0.3 is 5.97 Å². The van der Waals surface area contributed by atoms with E-state index < -0.39 is 23.8 Å². The van der Waals surface area contributed by atoms with Crippen molar-refractivity contribution in [1.29, 1.82) is 0 Å². The topological polar surface area (TPSA) is 84.1 Å². The van der Waals surface area contributed by atoms with E-state index in [0.29, 0.717) is 22.5 Å². The van der Waals surface area contributed by atoms with Gasteiger partial charge in [0.25, 0.3) is 5.91 Å². The molecule has 0 aliphatic rings. The molecule has 1 heterocycles. The molecule has 2 N–H and O–H groups in total. The number of esters is 1. The van der Waals surface area contributed by atoms with Crippen LogP contribution in [0.25, 0.3) is 22.4 Å². The fourth-order valence-corrected chi connectivity index (χ4v) is 3.48. The molecule has 3 aromatic carbocycles. The molecular weight excluding hydrogens is 445 g/mol. The largest absolute Gasteiger partial charge is 0.449 e. The van der Waals surface area contributed by atoms with Crippen molar-refractivity contribution in [3.8, 4) is 11.4 Å². The first-order chi connectivity index (χ1) is 15.8. The van der Waals surface area contributed by atoms with Crippen molar-refractivity contribution in [2.24, 2.45) is 0 Å². The van der Waals surface area contributed by atoms with Crippen molar-refractivity contribution in [3.05, 3.63) is 82.6 Å². The molecular formula is C25H21ClFN3O3. The average Bonchev–Trinajstić information content (AvgIpc) is 3.23. The Morgan fingerprint density at radius 2 is 1.88 bits per heavy atom. The molecule has 168 valence electrons. The van der Waals surface area contributed by atoms with Crippen molar-refractivity contribution in [3.63, 3.8) is 0 Å². The fourth-order valence-electron chi connectivity index (χ4n) is 3.30. The summed E-state index contributed by atoms with van der Waals surface area (Å²) >= 11 is 5.75. The zero-order chi connectivity index (χ0) is 23.5. The highest BCUT2D eigenvalue weighted by atomic mass is 35.5. The third kappa shape index (κ3) is 5.04. The molecule has 4 rings (SSSR count). The first kappa shape index (κ1) is 22.5.